The average molecular weight is 1580 g/mol. The van der Waals surface area contributed by atoms with Gasteiger partial charge in [-0.3, -0.25) is 25.5 Å². The van der Waals surface area contributed by atoms with E-state index in [0.29, 0.717) is 63.9 Å². The maximum atomic E-state index is 12.9. The zero-order valence-electron chi connectivity index (χ0n) is 56.9. The van der Waals surface area contributed by atoms with Gasteiger partial charge in [-0.15, -0.1) is 58.5 Å². The Kier molecular flexibility index (Phi) is 31.9. The molecule has 0 aliphatic carbocycles. The van der Waals surface area contributed by atoms with E-state index in [1.54, 1.807) is 76.1 Å². The number of urea groups is 4. The molecule has 0 saturated carbocycles. The average Bonchev–Trinajstić information content (AvgIpc) is 1.64. The first-order chi connectivity index (χ1) is 49.3. The monoisotopic (exact) mass is 1580 g/mol. The van der Waals surface area contributed by atoms with Crippen LogP contribution in [0.2, 0.25) is 13.6 Å². The van der Waals surface area contributed by atoms with Gasteiger partial charge in [-0.2, -0.15) is 28.8 Å². The molecule has 4 fully saturated rings. The molecule has 2 radical (unpaired) electrons. The minimum absolute atomic E-state index is 0. The van der Waals surface area contributed by atoms with Gasteiger partial charge in [0, 0.05) is 108 Å². The van der Waals surface area contributed by atoms with Crippen LogP contribution in [-0.2, 0) is 48.3 Å². The van der Waals surface area contributed by atoms with Crippen LogP contribution in [0.3, 0.4) is 0 Å². The van der Waals surface area contributed by atoms with Crippen LogP contribution in [0.4, 0.5) is 19.2 Å². The van der Waals surface area contributed by atoms with Gasteiger partial charge >= 0.3 is 112 Å². The molecule has 0 aromatic carbocycles. The molecule has 105 heavy (non-hydrogen) atoms. The normalized spacial score (nSPS) is 22.0. The molecule has 8 atom stereocenters. The van der Waals surface area contributed by atoms with Gasteiger partial charge in [-0.05, 0) is 44.4 Å². The van der Waals surface area contributed by atoms with Gasteiger partial charge in [0.1, 0.15) is 32.8 Å². The molecule has 0 spiro atoms. The second-order valence-electron chi connectivity index (χ2n) is 22.3. The fourth-order valence-corrected chi connectivity index (χ4v) is 15.3. The van der Waals surface area contributed by atoms with Gasteiger partial charge in [0.25, 0.3) is 0 Å². The third-order valence-corrected chi connectivity index (χ3v) is 19.5. The zero-order chi connectivity index (χ0) is 74.3. The number of thiazole rings is 4. The van der Waals surface area contributed by atoms with E-state index in [9.17, 15) is 55.2 Å². The van der Waals surface area contributed by atoms with E-state index >= 15 is 0 Å². The smallest absolute Gasteiger partial charge is 0.724 e. The third kappa shape index (κ3) is 21.9. The zero-order valence-corrected chi connectivity index (χ0v) is 65.8. The molecule has 51 heteroatoms. The van der Waals surface area contributed by atoms with Crippen molar-refractivity contribution in [3.05, 3.63) is 116 Å². The van der Waals surface area contributed by atoms with Gasteiger partial charge in [-0.25, -0.2) is 55.9 Å². The summed E-state index contributed by atoms with van der Waals surface area (Å²) in [5, 5.41) is 53.3. The Morgan fingerprint density at radius 1 is 0.600 bits per heavy atom. The molecule has 12 rings (SSSR count). The molecule has 8 aliphatic rings. The summed E-state index contributed by atoms with van der Waals surface area (Å²) in [6, 6.07) is -5.00. The Morgan fingerprint density at radius 2 is 0.914 bits per heavy atom. The maximum Gasteiger partial charge on any atom is 1.00 e. The standard InChI is InChI=1S/C16H21B2N6O4S.C14H17N3O2S.C13H17B2N6O7S2.C11H14N6O5S2.2Na/c1-3-5-28-24-11-7-12(14-20-4-6-29-14)13(23(9-11)16(24)25)8-21-15(17-27-10-19)22-18(2)26;1-3-6-19-17-10-8-11(13-15-5-7-20-13)12(4-2)16(9-10)14(17)18;1-15(23)19-12(14-27-7-16)18-5-10-9(11-17-2-3-29-11)4-8-6-20(10)13(22)21(8)28-30(24,25)26;12-10(13)15-4-8-7(9-14-1-2-23-9)3-6-5-16(8)11(18)17(6)22-24(19,20)21;;/h3-4,6-7,10-11,13,19,26H,1,5,8-9H2,2H3,(H,21,22);3,5,7-8,10,12H,1,4,6,9H2,2H3;2-4,7-8,10,16,23H,5-6H2,1H3,(H,18,19)(H,24,25,26);1-3,6,8H,4-5H2,(H4,12,13,15)(H,19,20,21);;/q;;;;2*+1/p-2/t11-,13-;10?,12-;8-,10-;6-,8-;;/m1111../s1. The number of nitrogens with zero attached hydrogens (tertiary/aromatic N) is 15. The molecule has 8 aliphatic heterocycles. The number of carbonyl (C=O) groups is 4. The Morgan fingerprint density at radius 3 is 1.21 bits per heavy atom. The van der Waals surface area contributed by atoms with E-state index < -0.39 is 71.1 Å². The molecular weight excluding hydrogens is 1510 g/mol. The number of amides is 8. The van der Waals surface area contributed by atoms with Crippen molar-refractivity contribution in [3.8, 4) is 0 Å². The molecule has 546 valence electrons. The number of hydroxylamine groups is 8. The first-order valence-corrected chi connectivity index (χ1v) is 37.1. The molecule has 4 saturated heterocycles. The Balaban J connectivity index is 0.000000196. The van der Waals surface area contributed by atoms with Gasteiger partial charge in [0.2, 0.25) is 20.8 Å². The number of fused-ring (bicyclic) bond motifs is 8. The fraction of sp³-hybridized carbons (Fsp3) is 0.389. The second-order valence-corrected chi connectivity index (χ2v) is 27.8. The number of hydrogen-bond acceptors (Lipinski definition) is 31. The van der Waals surface area contributed by atoms with Crippen LogP contribution in [0.5, 0.6) is 0 Å². The molecule has 8 amide bonds. The van der Waals surface area contributed by atoms with E-state index in [1.165, 1.54) is 75.1 Å². The van der Waals surface area contributed by atoms with Gasteiger partial charge in [0.05, 0.1) is 79.6 Å². The molecule has 4 aromatic heterocycles. The summed E-state index contributed by atoms with van der Waals surface area (Å²) in [6.07, 6.45) is 19.6. The molecule has 1 unspecified atom stereocenters. The van der Waals surface area contributed by atoms with Gasteiger partial charge < -0.3 is 80.0 Å². The number of carbonyl (C=O) groups excluding carboxylic acids is 4. The van der Waals surface area contributed by atoms with Crippen LogP contribution in [-0.4, -0.2) is 287 Å². The van der Waals surface area contributed by atoms with Crippen LogP contribution in [0.1, 0.15) is 33.4 Å². The predicted molar refractivity (Wildman–Crippen MR) is 381 cm³/mol. The Hall–Kier alpha value is -6.97. The van der Waals surface area contributed by atoms with Crippen molar-refractivity contribution >= 4 is 172 Å². The number of rotatable bonds is 29. The van der Waals surface area contributed by atoms with E-state index in [0.717, 1.165) is 41.5 Å². The van der Waals surface area contributed by atoms with Crippen LogP contribution >= 0.6 is 45.3 Å². The Labute approximate surface area is 665 Å². The number of hydrogen-bond donors (Lipinski definition) is 8. The van der Waals surface area contributed by atoms with E-state index in [1.807, 2.05) is 21.7 Å². The van der Waals surface area contributed by atoms with Crippen molar-refractivity contribution in [1.82, 2.24) is 70.4 Å². The number of guanidine groups is 1. The minimum atomic E-state index is -5.14. The summed E-state index contributed by atoms with van der Waals surface area (Å²) >= 11 is 5.77. The number of nitrogens with two attached hydrogens (primary N) is 2. The summed E-state index contributed by atoms with van der Waals surface area (Å²) in [4.78, 5) is 96.9. The molecule has 8 bridgehead atoms. The third-order valence-electron chi connectivity index (χ3n) is 15.6. The van der Waals surface area contributed by atoms with Crippen molar-refractivity contribution in [1.29, 1.82) is 10.8 Å². The Bertz CT molecular complexity index is 4150. The SMILES string of the molecule is C=CCON1C(=O)N2CC1C=C(c1nccs1)[C@H]2CC.C=CCON1C(=O)N2C[C@H]1C=C(c1nccs1)[C@H]2CNC([B]OC=N)=NB(C)O.CB(O)N=C([B]OC=N)NC[C@@H]1C(c2nccs2)=C[C@@H]2CN1C(=O)N2OS(=O)(=O)[O-].NC(N)=NC[C@@H]1C(c2nccs2)=C[C@@H]2CN1C(=O)N2OS(=O)(=O)[O-].[Na+].[Na+]. The number of amidine groups is 2. The summed E-state index contributed by atoms with van der Waals surface area (Å²) in [7, 11) is -9.88. The van der Waals surface area contributed by atoms with E-state index in [2.05, 4.69) is 80.1 Å². The molecular formula is C54H67B4N21Na2O18S6. The van der Waals surface area contributed by atoms with Crippen molar-refractivity contribution in [3.63, 3.8) is 0 Å². The van der Waals surface area contributed by atoms with Gasteiger partial charge in [-0.1, -0.05) is 19.1 Å². The van der Waals surface area contributed by atoms with Gasteiger partial charge in [0.15, 0.2) is 5.96 Å². The van der Waals surface area contributed by atoms with Crippen molar-refractivity contribution in [2.45, 2.75) is 75.3 Å². The largest absolute Gasteiger partial charge is 1.00 e. The van der Waals surface area contributed by atoms with E-state index in [4.69, 9.17) is 41.3 Å². The topological polar surface area (TPSA) is 517 Å². The van der Waals surface area contributed by atoms with Crippen LogP contribution in [0, 0.1) is 10.8 Å². The molecule has 10 N–H and O–H groups in total. The van der Waals surface area contributed by atoms with Crippen LogP contribution < -0.4 is 81.2 Å². The summed E-state index contributed by atoms with van der Waals surface area (Å²) in [6.45, 7) is 14.7. The van der Waals surface area contributed by atoms with E-state index in [-0.39, 0.29) is 146 Å². The predicted octanol–water partition coefficient (Wildman–Crippen LogP) is -5.63. The number of nitrogens with one attached hydrogen (secondary N) is 4. The van der Waals surface area contributed by atoms with Crippen LogP contribution in [0.15, 0.2) is 111 Å². The fourth-order valence-electron chi connectivity index (χ4n) is 11.7. The number of aromatic nitrogens is 4. The minimum Gasteiger partial charge on any atom is -0.724 e. The first kappa shape index (κ1) is 85.3. The first-order valence-electron chi connectivity index (χ1n) is 30.9. The van der Waals surface area contributed by atoms with Crippen molar-refractivity contribution in [2.24, 2.45) is 26.3 Å². The summed E-state index contributed by atoms with van der Waals surface area (Å²) in [5.41, 5.74) is 14.4. The maximum absolute atomic E-state index is 12.9. The molecule has 12 heterocycles. The second kappa shape index (κ2) is 39.2. The molecule has 39 nitrogen and oxygen atoms in total. The summed E-state index contributed by atoms with van der Waals surface area (Å²) < 4.78 is 83.9. The van der Waals surface area contributed by atoms with Crippen LogP contribution in [0.25, 0.3) is 22.3 Å². The molecule has 4 aromatic rings. The quantitative estimate of drug-likeness (QED) is 0.00627. The number of aliphatic imine (C=N–C) groups is 1. The van der Waals surface area contributed by atoms with Crippen molar-refractivity contribution < 1.29 is 142 Å². The van der Waals surface area contributed by atoms with Crippen molar-refractivity contribution in [2.75, 3.05) is 59.0 Å². The summed E-state index contributed by atoms with van der Waals surface area (Å²) in [5.74, 6) is -0.141.